The van der Waals surface area contributed by atoms with Crippen molar-refractivity contribution in [1.29, 1.82) is 0 Å². The Morgan fingerprint density at radius 3 is 2.27 bits per heavy atom. The Bertz CT molecular complexity index is 1340. The molecular formula is C28H25ClN2O6. The van der Waals surface area contributed by atoms with E-state index in [1.807, 2.05) is 44.2 Å². The van der Waals surface area contributed by atoms with Crippen LogP contribution in [0.2, 0.25) is 5.02 Å². The zero-order valence-corrected chi connectivity index (χ0v) is 21.1. The summed E-state index contributed by atoms with van der Waals surface area (Å²) in [5, 5.41) is 2.48. The van der Waals surface area contributed by atoms with Crippen molar-refractivity contribution in [3.05, 3.63) is 88.5 Å². The van der Waals surface area contributed by atoms with Crippen molar-refractivity contribution in [3.8, 4) is 17.2 Å². The predicted octanol–water partition coefficient (Wildman–Crippen LogP) is 5.38. The van der Waals surface area contributed by atoms with E-state index in [9.17, 15) is 14.4 Å². The smallest absolute Gasteiger partial charge is 0.335 e. The monoisotopic (exact) mass is 520 g/mol. The standard InChI is InChI=1S/C28H25ClN2O6/c1-3-35-24-16-19(15-23(29)25(24)36-4-2)14-22-26(32)30-28(34)31(27(22)33)20-10-12-21(13-11-20)37-17-18-8-6-5-7-9-18/h5-16H,3-4,17H2,1-2H3,(H,30,32,34)/b22-14+. The second kappa shape index (κ2) is 11.6. The van der Waals surface area contributed by atoms with E-state index in [-0.39, 0.29) is 16.3 Å². The molecule has 1 heterocycles. The molecule has 1 aliphatic heterocycles. The molecule has 4 rings (SSSR count). The Hall–Kier alpha value is -4.30. The SMILES string of the molecule is CCOc1cc(/C=C2\C(=O)NC(=O)N(c3ccc(OCc4ccccc4)cc3)C2=O)cc(Cl)c1OCC. The number of amides is 4. The average Bonchev–Trinajstić information content (AvgIpc) is 2.89. The normalized spacial score (nSPS) is 14.5. The highest BCUT2D eigenvalue weighted by Gasteiger charge is 2.37. The largest absolute Gasteiger partial charge is 0.490 e. The fourth-order valence-corrected chi connectivity index (χ4v) is 3.98. The van der Waals surface area contributed by atoms with Gasteiger partial charge in [0.15, 0.2) is 11.5 Å². The Morgan fingerprint density at radius 1 is 0.892 bits per heavy atom. The lowest BCUT2D eigenvalue weighted by atomic mass is 10.1. The molecule has 8 nitrogen and oxygen atoms in total. The van der Waals surface area contributed by atoms with Gasteiger partial charge in [0, 0.05) is 0 Å². The number of hydrogen-bond acceptors (Lipinski definition) is 6. The lowest BCUT2D eigenvalue weighted by Crippen LogP contribution is -2.54. The Balaban J connectivity index is 1.58. The van der Waals surface area contributed by atoms with Crippen LogP contribution in [-0.2, 0) is 16.2 Å². The Labute approximate surface area is 219 Å². The molecule has 0 unspecified atom stereocenters. The van der Waals surface area contributed by atoms with Gasteiger partial charge < -0.3 is 14.2 Å². The molecule has 1 N–H and O–H groups in total. The molecule has 0 aliphatic carbocycles. The summed E-state index contributed by atoms with van der Waals surface area (Å²) in [4.78, 5) is 39.3. The number of ether oxygens (including phenoxy) is 3. The van der Waals surface area contributed by atoms with Gasteiger partial charge in [-0.1, -0.05) is 41.9 Å². The maximum atomic E-state index is 13.3. The van der Waals surface area contributed by atoms with Gasteiger partial charge in [-0.25, -0.2) is 9.69 Å². The summed E-state index contributed by atoms with van der Waals surface area (Å²) in [6, 6.07) is 18.5. The summed E-state index contributed by atoms with van der Waals surface area (Å²) in [5.74, 6) is -0.256. The highest BCUT2D eigenvalue weighted by atomic mass is 35.5. The van der Waals surface area contributed by atoms with Crippen LogP contribution < -0.4 is 24.4 Å². The van der Waals surface area contributed by atoms with E-state index in [4.69, 9.17) is 25.8 Å². The molecular weight excluding hydrogens is 496 g/mol. The molecule has 0 radical (unpaired) electrons. The van der Waals surface area contributed by atoms with Crippen LogP contribution in [0.3, 0.4) is 0 Å². The van der Waals surface area contributed by atoms with Gasteiger partial charge in [0.25, 0.3) is 11.8 Å². The first-order valence-corrected chi connectivity index (χ1v) is 12.1. The summed E-state index contributed by atoms with van der Waals surface area (Å²) in [6.45, 7) is 4.76. The minimum atomic E-state index is -0.843. The third-order valence-corrected chi connectivity index (χ3v) is 5.66. The van der Waals surface area contributed by atoms with Gasteiger partial charge in [0.2, 0.25) is 0 Å². The summed E-state index contributed by atoms with van der Waals surface area (Å²) >= 11 is 6.37. The van der Waals surface area contributed by atoms with E-state index in [0.29, 0.717) is 42.6 Å². The number of urea groups is 1. The highest BCUT2D eigenvalue weighted by molar-refractivity contribution is 6.39. The van der Waals surface area contributed by atoms with Crippen LogP contribution in [0.1, 0.15) is 25.0 Å². The number of nitrogens with zero attached hydrogens (tertiary/aromatic N) is 1. The van der Waals surface area contributed by atoms with E-state index in [1.165, 1.54) is 6.08 Å². The van der Waals surface area contributed by atoms with Gasteiger partial charge in [-0.05, 0) is 67.4 Å². The summed E-state index contributed by atoms with van der Waals surface area (Å²) in [7, 11) is 0. The van der Waals surface area contributed by atoms with Crippen molar-refractivity contribution in [1.82, 2.24) is 5.32 Å². The van der Waals surface area contributed by atoms with Crippen LogP contribution in [0.5, 0.6) is 17.2 Å². The van der Waals surface area contributed by atoms with Crippen molar-refractivity contribution in [2.24, 2.45) is 0 Å². The van der Waals surface area contributed by atoms with Crippen molar-refractivity contribution in [2.45, 2.75) is 20.5 Å². The van der Waals surface area contributed by atoms with Crippen molar-refractivity contribution < 1.29 is 28.6 Å². The van der Waals surface area contributed by atoms with Crippen molar-refractivity contribution in [2.75, 3.05) is 18.1 Å². The molecule has 4 amide bonds. The number of anilines is 1. The zero-order chi connectivity index (χ0) is 26.4. The minimum absolute atomic E-state index is 0.230. The zero-order valence-electron chi connectivity index (χ0n) is 20.3. The molecule has 3 aromatic rings. The van der Waals surface area contributed by atoms with Gasteiger partial charge in [0.05, 0.1) is 23.9 Å². The molecule has 1 saturated heterocycles. The molecule has 3 aromatic carbocycles. The number of carbonyl (C=O) groups excluding carboxylic acids is 3. The molecule has 190 valence electrons. The number of carbonyl (C=O) groups is 3. The van der Waals surface area contributed by atoms with Crippen LogP contribution in [0.15, 0.2) is 72.3 Å². The van der Waals surface area contributed by atoms with Crippen LogP contribution in [0.4, 0.5) is 10.5 Å². The number of barbiturate groups is 1. The number of benzene rings is 3. The van der Waals surface area contributed by atoms with E-state index in [1.54, 1.807) is 36.4 Å². The minimum Gasteiger partial charge on any atom is -0.490 e. The molecule has 0 atom stereocenters. The first-order valence-electron chi connectivity index (χ1n) is 11.7. The number of nitrogens with one attached hydrogen (secondary N) is 1. The second-order valence-electron chi connectivity index (χ2n) is 7.92. The quantitative estimate of drug-likeness (QED) is 0.300. The first kappa shape index (κ1) is 25.8. The van der Waals surface area contributed by atoms with Crippen LogP contribution in [0, 0.1) is 0 Å². The highest BCUT2D eigenvalue weighted by Crippen LogP contribution is 2.37. The average molecular weight is 521 g/mol. The number of imide groups is 2. The topological polar surface area (TPSA) is 94.2 Å². The maximum Gasteiger partial charge on any atom is 0.335 e. The molecule has 0 spiro atoms. The Kier molecular flexibility index (Phi) is 8.10. The molecule has 37 heavy (non-hydrogen) atoms. The second-order valence-corrected chi connectivity index (χ2v) is 8.33. The molecule has 0 aromatic heterocycles. The van der Waals surface area contributed by atoms with Crippen molar-refractivity contribution >= 4 is 41.2 Å². The predicted molar refractivity (Wildman–Crippen MR) is 140 cm³/mol. The van der Waals surface area contributed by atoms with Crippen LogP contribution >= 0.6 is 11.6 Å². The lowest BCUT2D eigenvalue weighted by molar-refractivity contribution is -0.122. The molecule has 0 bridgehead atoms. The Morgan fingerprint density at radius 2 is 1.59 bits per heavy atom. The number of hydrogen-bond donors (Lipinski definition) is 1. The van der Waals surface area contributed by atoms with Gasteiger partial charge >= 0.3 is 6.03 Å². The lowest BCUT2D eigenvalue weighted by Gasteiger charge is -2.26. The molecule has 1 aliphatic rings. The van der Waals surface area contributed by atoms with Crippen LogP contribution in [-0.4, -0.2) is 31.1 Å². The van der Waals surface area contributed by atoms with Gasteiger partial charge in [0.1, 0.15) is 17.9 Å². The van der Waals surface area contributed by atoms with E-state index >= 15 is 0 Å². The fraction of sp³-hybridized carbons (Fsp3) is 0.179. The van der Waals surface area contributed by atoms with Crippen molar-refractivity contribution in [3.63, 3.8) is 0 Å². The summed E-state index contributed by atoms with van der Waals surface area (Å²) in [5.41, 5.74) is 1.50. The van der Waals surface area contributed by atoms with E-state index in [0.717, 1.165) is 10.5 Å². The molecule has 1 fully saturated rings. The molecule has 0 saturated carbocycles. The van der Waals surface area contributed by atoms with Gasteiger partial charge in [-0.2, -0.15) is 0 Å². The first-order chi connectivity index (χ1) is 17.9. The maximum absolute atomic E-state index is 13.3. The van der Waals surface area contributed by atoms with E-state index in [2.05, 4.69) is 5.32 Å². The number of halogens is 1. The van der Waals surface area contributed by atoms with Crippen LogP contribution in [0.25, 0.3) is 6.08 Å². The number of rotatable bonds is 9. The third-order valence-electron chi connectivity index (χ3n) is 5.38. The molecule has 9 heteroatoms. The van der Waals surface area contributed by atoms with E-state index < -0.39 is 17.8 Å². The van der Waals surface area contributed by atoms with Gasteiger partial charge in [-0.15, -0.1) is 0 Å². The fourth-order valence-electron chi connectivity index (χ4n) is 3.71. The van der Waals surface area contributed by atoms with Gasteiger partial charge in [-0.3, -0.25) is 14.9 Å². The summed E-state index contributed by atoms with van der Waals surface area (Å²) < 4.78 is 17.0. The third kappa shape index (κ3) is 5.92. The summed E-state index contributed by atoms with van der Waals surface area (Å²) in [6.07, 6.45) is 1.36.